The van der Waals surface area contributed by atoms with Crippen LogP contribution in [0.1, 0.15) is 42.5 Å². The van der Waals surface area contributed by atoms with E-state index < -0.39 is 5.79 Å². The van der Waals surface area contributed by atoms with Gasteiger partial charge in [-0.25, -0.2) is 0 Å². The minimum atomic E-state index is -0.930. The molecule has 1 atom stereocenters. The first kappa shape index (κ1) is 18.4. The Kier molecular flexibility index (Phi) is 5.19. The van der Waals surface area contributed by atoms with Crippen LogP contribution in [0.15, 0.2) is 12.4 Å². The van der Waals surface area contributed by atoms with Gasteiger partial charge in [-0.3, -0.25) is 14.3 Å². The number of rotatable bonds is 2. The van der Waals surface area contributed by atoms with Crippen LogP contribution in [-0.2, 0) is 21.3 Å². The normalized spacial score (nSPS) is 27.1. The molecule has 0 bridgehead atoms. The van der Waals surface area contributed by atoms with E-state index in [-0.39, 0.29) is 17.7 Å². The third-order valence-corrected chi connectivity index (χ3v) is 5.78. The van der Waals surface area contributed by atoms with Gasteiger partial charge in [0.05, 0.1) is 38.1 Å². The van der Waals surface area contributed by atoms with Crippen LogP contribution < -0.4 is 0 Å². The van der Waals surface area contributed by atoms with Crippen LogP contribution in [0.3, 0.4) is 0 Å². The van der Waals surface area contributed by atoms with Crippen LogP contribution in [0.25, 0.3) is 0 Å². The molecule has 1 aromatic heterocycles. The third-order valence-electron chi connectivity index (χ3n) is 5.78. The first-order valence-corrected chi connectivity index (χ1v) is 9.91. The Morgan fingerprint density at radius 2 is 1.81 bits per heavy atom. The van der Waals surface area contributed by atoms with Crippen molar-refractivity contribution in [3.8, 4) is 0 Å². The fourth-order valence-corrected chi connectivity index (χ4v) is 4.38. The Labute approximate surface area is 159 Å². The van der Waals surface area contributed by atoms with E-state index in [1.165, 1.54) is 0 Å². The lowest BCUT2D eigenvalue weighted by Crippen LogP contribution is -2.60. The molecular formula is C19H28N4O4. The Morgan fingerprint density at radius 1 is 1.07 bits per heavy atom. The van der Waals surface area contributed by atoms with E-state index in [0.717, 1.165) is 32.1 Å². The average Bonchev–Trinajstić information content (AvgIpc) is 3.31. The molecule has 1 aromatic rings. The fraction of sp³-hybridized carbons (Fsp3) is 0.737. The van der Waals surface area contributed by atoms with E-state index in [1.807, 2.05) is 4.90 Å². The van der Waals surface area contributed by atoms with Crippen molar-refractivity contribution >= 4 is 11.8 Å². The summed E-state index contributed by atoms with van der Waals surface area (Å²) >= 11 is 0. The maximum atomic E-state index is 12.9. The molecule has 3 fully saturated rings. The zero-order chi connectivity index (χ0) is 18.9. The molecule has 0 aromatic carbocycles. The molecule has 1 saturated carbocycles. The van der Waals surface area contributed by atoms with Gasteiger partial charge in [0.1, 0.15) is 0 Å². The Morgan fingerprint density at radius 3 is 2.56 bits per heavy atom. The lowest BCUT2D eigenvalue weighted by molar-refractivity contribution is -0.263. The number of nitrogens with zero attached hydrogens (tertiary/aromatic N) is 4. The summed E-state index contributed by atoms with van der Waals surface area (Å²) in [6.45, 7) is 2.87. The predicted molar refractivity (Wildman–Crippen MR) is 96.9 cm³/mol. The van der Waals surface area contributed by atoms with Gasteiger partial charge in [-0.15, -0.1) is 0 Å². The van der Waals surface area contributed by atoms with Crippen molar-refractivity contribution in [3.63, 3.8) is 0 Å². The Bertz CT molecular complexity index is 700. The van der Waals surface area contributed by atoms with Gasteiger partial charge in [-0.1, -0.05) is 12.8 Å². The molecule has 2 saturated heterocycles. The predicted octanol–water partition coefficient (Wildman–Crippen LogP) is 1.03. The molecule has 148 valence electrons. The van der Waals surface area contributed by atoms with Gasteiger partial charge < -0.3 is 19.3 Å². The summed E-state index contributed by atoms with van der Waals surface area (Å²) in [5.41, 5.74) is 0.559. The van der Waals surface area contributed by atoms with Crippen LogP contribution in [0.5, 0.6) is 0 Å². The number of aryl methyl sites for hydroxylation is 1. The lowest BCUT2D eigenvalue weighted by Gasteiger charge is -2.43. The van der Waals surface area contributed by atoms with Crippen molar-refractivity contribution in [2.24, 2.45) is 13.0 Å². The topological polar surface area (TPSA) is 76.9 Å². The molecule has 2 amide bonds. The van der Waals surface area contributed by atoms with Crippen LogP contribution in [0.2, 0.25) is 0 Å². The number of aromatic nitrogens is 2. The Balaban J connectivity index is 1.48. The molecule has 1 aliphatic carbocycles. The minimum Gasteiger partial charge on any atom is -0.347 e. The van der Waals surface area contributed by atoms with E-state index in [1.54, 1.807) is 29.0 Å². The highest BCUT2D eigenvalue weighted by atomic mass is 16.7. The fourth-order valence-electron chi connectivity index (χ4n) is 4.38. The molecule has 8 heteroatoms. The quantitative estimate of drug-likeness (QED) is 0.770. The minimum absolute atomic E-state index is 0.0733. The summed E-state index contributed by atoms with van der Waals surface area (Å²) in [5.74, 6) is -0.649. The molecule has 0 radical (unpaired) electrons. The second-order valence-electron chi connectivity index (χ2n) is 7.83. The van der Waals surface area contributed by atoms with Gasteiger partial charge in [-0.2, -0.15) is 5.10 Å². The second-order valence-corrected chi connectivity index (χ2v) is 7.83. The summed E-state index contributed by atoms with van der Waals surface area (Å²) in [6.07, 6.45) is 8.28. The highest BCUT2D eigenvalue weighted by Crippen LogP contribution is 2.30. The monoisotopic (exact) mass is 376 g/mol. The van der Waals surface area contributed by atoms with E-state index in [2.05, 4.69) is 5.10 Å². The van der Waals surface area contributed by atoms with Crippen molar-refractivity contribution in [1.29, 1.82) is 0 Å². The zero-order valence-corrected chi connectivity index (χ0v) is 15.9. The van der Waals surface area contributed by atoms with Crippen LogP contribution in [-0.4, -0.2) is 76.6 Å². The van der Waals surface area contributed by atoms with Gasteiger partial charge in [0.2, 0.25) is 11.7 Å². The highest BCUT2D eigenvalue weighted by Gasteiger charge is 2.44. The molecule has 1 spiro atoms. The average molecular weight is 376 g/mol. The summed E-state index contributed by atoms with van der Waals surface area (Å²) in [5, 5.41) is 4.09. The summed E-state index contributed by atoms with van der Waals surface area (Å²) in [4.78, 5) is 29.4. The number of carbonyl (C=O) groups excluding carboxylic acids is 2. The maximum Gasteiger partial charge on any atom is 0.257 e. The SMILES string of the molecule is Cn1cc(C(=O)N2CCCOC3(C2)CN(C(=O)C2CCCC2)CCO3)cn1. The molecule has 2 aliphatic heterocycles. The van der Waals surface area contributed by atoms with Crippen molar-refractivity contribution in [1.82, 2.24) is 19.6 Å². The van der Waals surface area contributed by atoms with Crippen molar-refractivity contribution in [2.75, 3.05) is 39.4 Å². The van der Waals surface area contributed by atoms with Gasteiger partial charge in [-0.05, 0) is 19.3 Å². The number of morpholine rings is 1. The number of ether oxygens (including phenoxy) is 2. The lowest BCUT2D eigenvalue weighted by atomic mass is 10.1. The van der Waals surface area contributed by atoms with Gasteiger partial charge in [0.15, 0.2) is 0 Å². The van der Waals surface area contributed by atoms with E-state index in [9.17, 15) is 9.59 Å². The van der Waals surface area contributed by atoms with E-state index in [4.69, 9.17) is 9.47 Å². The number of hydrogen-bond acceptors (Lipinski definition) is 5. The van der Waals surface area contributed by atoms with Crippen molar-refractivity contribution in [2.45, 2.75) is 37.9 Å². The molecule has 3 aliphatic rings. The van der Waals surface area contributed by atoms with Crippen LogP contribution in [0.4, 0.5) is 0 Å². The van der Waals surface area contributed by atoms with Gasteiger partial charge in [0.25, 0.3) is 5.91 Å². The van der Waals surface area contributed by atoms with E-state index >= 15 is 0 Å². The van der Waals surface area contributed by atoms with Gasteiger partial charge in [0, 0.05) is 32.3 Å². The largest absolute Gasteiger partial charge is 0.347 e. The van der Waals surface area contributed by atoms with Gasteiger partial charge >= 0.3 is 0 Å². The molecule has 27 heavy (non-hydrogen) atoms. The van der Waals surface area contributed by atoms with Crippen LogP contribution in [0, 0.1) is 5.92 Å². The zero-order valence-electron chi connectivity index (χ0n) is 15.9. The van der Waals surface area contributed by atoms with Crippen molar-refractivity contribution < 1.29 is 19.1 Å². The standard InChI is InChI=1S/C19H28N4O4/c1-21-12-16(11-20-21)18(25)22-7-4-9-26-19(13-22)14-23(8-10-27-19)17(24)15-5-2-3-6-15/h11-12,15H,2-10,13-14H2,1H3. The second kappa shape index (κ2) is 7.59. The maximum absolute atomic E-state index is 12.9. The van der Waals surface area contributed by atoms with Crippen molar-refractivity contribution in [3.05, 3.63) is 18.0 Å². The number of amides is 2. The molecule has 3 heterocycles. The smallest absolute Gasteiger partial charge is 0.257 e. The first-order chi connectivity index (χ1) is 13.1. The number of hydrogen-bond donors (Lipinski definition) is 0. The Hall–Kier alpha value is -1.93. The summed E-state index contributed by atoms with van der Waals surface area (Å²) in [6, 6.07) is 0. The summed E-state index contributed by atoms with van der Waals surface area (Å²) < 4.78 is 13.7. The first-order valence-electron chi connectivity index (χ1n) is 9.91. The molecule has 0 N–H and O–H groups in total. The van der Waals surface area contributed by atoms with E-state index in [0.29, 0.717) is 45.0 Å². The third kappa shape index (κ3) is 3.87. The number of carbonyl (C=O) groups is 2. The molecule has 4 rings (SSSR count). The van der Waals surface area contributed by atoms with Crippen LogP contribution >= 0.6 is 0 Å². The molecule has 8 nitrogen and oxygen atoms in total. The molecular weight excluding hydrogens is 348 g/mol. The summed E-state index contributed by atoms with van der Waals surface area (Å²) in [7, 11) is 1.79. The highest BCUT2D eigenvalue weighted by molar-refractivity contribution is 5.93. The molecule has 1 unspecified atom stereocenters.